The van der Waals surface area contributed by atoms with Crippen LogP contribution in [-0.4, -0.2) is 24.2 Å². The number of benzene rings is 2. The highest BCUT2D eigenvalue weighted by Gasteiger charge is 2.22. The van der Waals surface area contributed by atoms with Crippen LogP contribution in [0.1, 0.15) is 21.5 Å². The number of anilines is 1. The number of hydrogen-bond donors (Lipinski definition) is 1. The van der Waals surface area contributed by atoms with Crippen molar-refractivity contribution >= 4 is 37.9 Å². The smallest absolute Gasteiger partial charge is 0.269 e. The fraction of sp³-hybridized carbons (Fsp3) is 0.111. The Kier molecular flexibility index (Phi) is 5.25. The van der Waals surface area contributed by atoms with Crippen molar-refractivity contribution in [2.45, 2.75) is 23.0 Å². The van der Waals surface area contributed by atoms with E-state index in [0.29, 0.717) is 5.56 Å². The van der Waals surface area contributed by atoms with E-state index in [9.17, 15) is 23.3 Å². The molecule has 2 aromatic carbocycles. The third kappa shape index (κ3) is 3.92. The Balaban J connectivity index is 1.84. The number of nitro benzene ring substituents is 1. The topological polar surface area (TPSA) is 119 Å². The molecule has 0 radical (unpaired) electrons. The molecule has 1 N–H and O–H groups in total. The second kappa shape index (κ2) is 7.49. The van der Waals surface area contributed by atoms with E-state index in [2.05, 4.69) is 10.3 Å². The molecular weight excluding hydrogens is 402 g/mol. The van der Waals surface area contributed by atoms with E-state index in [-0.39, 0.29) is 25.8 Å². The van der Waals surface area contributed by atoms with E-state index in [4.69, 9.17) is 0 Å². The molecule has 0 fully saturated rings. The molecule has 0 saturated carbocycles. The number of hydrogen-bond acceptors (Lipinski definition) is 7. The standard InChI is InChI=1S/C18H15N3O5S2/c1-11-3-4-12(2)15(9-11)17(22)20-18-19-10-16(27-18)28(25,26)14-7-5-13(6-8-14)21(23)24/h3-10H,1-2H3,(H,19,20,22). The Labute approximate surface area is 164 Å². The van der Waals surface area contributed by atoms with Crippen molar-refractivity contribution in [3.8, 4) is 0 Å². The summed E-state index contributed by atoms with van der Waals surface area (Å²) in [5, 5.41) is 13.5. The number of nitro groups is 1. The summed E-state index contributed by atoms with van der Waals surface area (Å²) in [6.07, 6.45) is 1.15. The zero-order valence-corrected chi connectivity index (χ0v) is 16.5. The first-order valence-electron chi connectivity index (χ1n) is 8.02. The fourth-order valence-corrected chi connectivity index (χ4v) is 4.88. The number of non-ortho nitro benzene ring substituents is 1. The van der Waals surface area contributed by atoms with Gasteiger partial charge in [0.2, 0.25) is 9.84 Å². The van der Waals surface area contributed by atoms with Gasteiger partial charge in [-0.25, -0.2) is 13.4 Å². The van der Waals surface area contributed by atoms with Gasteiger partial charge in [-0.1, -0.05) is 29.0 Å². The van der Waals surface area contributed by atoms with Crippen LogP contribution in [-0.2, 0) is 9.84 Å². The summed E-state index contributed by atoms with van der Waals surface area (Å²) < 4.78 is 25.3. The van der Waals surface area contributed by atoms with Gasteiger partial charge in [0.25, 0.3) is 11.6 Å². The molecule has 0 aliphatic carbocycles. The molecule has 0 bridgehead atoms. The fourth-order valence-electron chi connectivity index (χ4n) is 2.45. The van der Waals surface area contributed by atoms with Gasteiger partial charge >= 0.3 is 0 Å². The first kappa shape index (κ1) is 19.6. The molecule has 3 rings (SSSR count). The zero-order chi connectivity index (χ0) is 20.5. The first-order chi connectivity index (χ1) is 13.2. The molecule has 8 nitrogen and oxygen atoms in total. The van der Waals surface area contributed by atoms with Crippen LogP contribution in [0.15, 0.2) is 57.8 Å². The van der Waals surface area contributed by atoms with Crippen LogP contribution in [0.25, 0.3) is 0 Å². The lowest BCUT2D eigenvalue weighted by Crippen LogP contribution is -2.13. The normalized spacial score (nSPS) is 11.2. The summed E-state index contributed by atoms with van der Waals surface area (Å²) in [6.45, 7) is 3.68. The average Bonchev–Trinajstić information content (AvgIpc) is 3.13. The molecule has 0 spiro atoms. The van der Waals surface area contributed by atoms with Crippen molar-refractivity contribution < 1.29 is 18.1 Å². The van der Waals surface area contributed by atoms with Crippen molar-refractivity contribution in [3.63, 3.8) is 0 Å². The predicted octanol–water partition coefficient (Wildman–Crippen LogP) is 3.75. The van der Waals surface area contributed by atoms with Gasteiger partial charge in [-0.2, -0.15) is 0 Å². The van der Waals surface area contributed by atoms with Crippen LogP contribution < -0.4 is 5.32 Å². The Bertz CT molecular complexity index is 1170. The van der Waals surface area contributed by atoms with E-state index >= 15 is 0 Å². The molecule has 0 atom stereocenters. The minimum absolute atomic E-state index is 0.0717. The Hall–Kier alpha value is -3.11. The molecule has 0 aliphatic heterocycles. The Morgan fingerprint density at radius 2 is 1.82 bits per heavy atom. The molecule has 1 aromatic heterocycles. The second-order valence-corrected chi connectivity index (χ2v) is 9.22. The first-order valence-corrected chi connectivity index (χ1v) is 10.3. The number of amides is 1. The van der Waals surface area contributed by atoms with Gasteiger partial charge in [0, 0.05) is 17.7 Å². The highest BCUT2D eigenvalue weighted by Crippen LogP contribution is 2.29. The molecule has 10 heteroatoms. The lowest BCUT2D eigenvalue weighted by molar-refractivity contribution is -0.384. The molecular formula is C18H15N3O5S2. The van der Waals surface area contributed by atoms with E-state index in [0.717, 1.165) is 40.8 Å². The number of carbonyl (C=O) groups is 1. The van der Waals surface area contributed by atoms with E-state index < -0.39 is 14.8 Å². The molecule has 0 saturated heterocycles. The second-order valence-electron chi connectivity index (χ2n) is 6.01. The summed E-state index contributed by atoms with van der Waals surface area (Å²) in [5.41, 5.74) is 1.99. The number of nitrogens with one attached hydrogen (secondary N) is 1. The molecule has 1 amide bonds. The summed E-state index contributed by atoms with van der Waals surface area (Å²) in [4.78, 5) is 26.4. The number of carbonyl (C=O) groups excluding carboxylic acids is 1. The van der Waals surface area contributed by atoms with Gasteiger partial charge in [0.05, 0.1) is 16.0 Å². The highest BCUT2D eigenvalue weighted by molar-refractivity contribution is 7.93. The average molecular weight is 417 g/mol. The molecule has 144 valence electrons. The molecule has 1 heterocycles. The quantitative estimate of drug-likeness (QED) is 0.499. The van der Waals surface area contributed by atoms with Crippen molar-refractivity contribution in [2.24, 2.45) is 0 Å². The largest absolute Gasteiger partial charge is 0.298 e. The Morgan fingerprint density at radius 3 is 2.46 bits per heavy atom. The number of nitrogens with zero attached hydrogens (tertiary/aromatic N) is 2. The van der Waals surface area contributed by atoms with Gasteiger partial charge < -0.3 is 0 Å². The van der Waals surface area contributed by atoms with Gasteiger partial charge in [0.15, 0.2) is 5.13 Å². The molecule has 0 aliphatic rings. The Morgan fingerprint density at radius 1 is 1.14 bits per heavy atom. The van der Waals surface area contributed by atoms with Crippen molar-refractivity contribution in [1.29, 1.82) is 0 Å². The minimum Gasteiger partial charge on any atom is -0.298 e. The number of aryl methyl sites for hydroxylation is 2. The summed E-state index contributed by atoms with van der Waals surface area (Å²) in [6, 6.07) is 10.0. The zero-order valence-electron chi connectivity index (χ0n) is 14.9. The summed E-state index contributed by atoms with van der Waals surface area (Å²) in [5.74, 6) is -0.380. The maximum Gasteiger partial charge on any atom is 0.269 e. The lowest BCUT2D eigenvalue weighted by atomic mass is 10.1. The molecule has 28 heavy (non-hydrogen) atoms. The lowest BCUT2D eigenvalue weighted by Gasteiger charge is -2.06. The monoisotopic (exact) mass is 417 g/mol. The third-order valence-corrected chi connectivity index (χ3v) is 7.11. The van der Waals surface area contributed by atoms with Crippen molar-refractivity contribution in [2.75, 3.05) is 5.32 Å². The van der Waals surface area contributed by atoms with E-state index in [1.54, 1.807) is 13.0 Å². The highest BCUT2D eigenvalue weighted by atomic mass is 32.2. The van der Waals surface area contributed by atoms with Crippen LogP contribution in [0, 0.1) is 24.0 Å². The predicted molar refractivity (Wildman–Crippen MR) is 105 cm³/mol. The van der Waals surface area contributed by atoms with Gasteiger partial charge in [-0.3, -0.25) is 20.2 Å². The van der Waals surface area contributed by atoms with Crippen LogP contribution in [0.5, 0.6) is 0 Å². The number of sulfone groups is 1. The van der Waals surface area contributed by atoms with Crippen LogP contribution >= 0.6 is 11.3 Å². The summed E-state index contributed by atoms with van der Waals surface area (Å²) in [7, 11) is -3.89. The van der Waals surface area contributed by atoms with Crippen LogP contribution in [0.3, 0.4) is 0 Å². The number of aromatic nitrogens is 1. The molecule has 3 aromatic rings. The third-order valence-electron chi connectivity index (χ3n) is 3.97. The number of thiazole rings is 1. The van der Waals surface area contributed by atoms with E-state index in [1.165, 1.54) is 12.1 Å². The van der Waals surface area contributed by atoms with Crippen LogP contribution in [0.2, 0.25) is 0 Å². The maximum absolute atomic E-state index is 12.7. The molecule has 0 unspecified atom stereocenters. The SMILES string of the molecule is Cc1ccc(C)c(C(=O)Nc2ncc(S(=O)(=O)c3ccc([N+](=O)[O-])cc3)s2)c1. The number of rotatable bonds is 5. The van der Waals surface area contributed by atoms with Crippen molar-refractivity contribution in [1.82, 2.24) is 4.98 Å². The summed E-state index contributed by atoms with van der Waals surface area (Å²) >= 11 is 0.813. The van der Waals surface area contributed by atoms with Gasteiger partial charge in [0.1, 0.15) is 4.21 Å². The maximum atomic E-state index is 12.7. The van der Waals surface area contributed by atoms with E-state index in [1.807, 2.05) is 19.1 Å². The van der Waals surface area contributed by atoms with Crippen molar-refractivity contribution in [3.05, 3.63) is 75.5 Å². The van der Waals surface area contributed by atoms with Gasteiger partial charge in [-0.15, -0.1) is 0 Å². The minimum atomic E-state index is -3.89. The van der Waals surface area contributed by atoms with Crippen LogP contribution in [0.4, 0.5) is 10.8 Å². The van der Waals surface area contributed by atoms with Gasteiger partial charge in [-0.05, 0) is 37.6 Å².